The van der Waals surface area contributed by atoms with Crippen LogP contribution in [0.2, 0.25) is 0 Å². The van der Waals surface area contributed by atoms with Crippen molar-refractivity contribution in [3.05, 3.63) is 65.0 Å². The van der Waals surface area contributed by atoms with Crippen LogP contribution in [-0.2, 0) is 0 Å². The fourth-order valence-corrected chi connectivity index (χ4v) is 1.88. The van der Waals surface area contributed by atoms with Crippen LogP contribution in [0.25, 0.3) is 0 Å². The van der Waals surface area contributed by atoms with Crippen LogP contribution in [0.4, 0.5) is 10.1 Å². The van der Waals surface area contributed by atoms with E-state index >= 15 is 0 Å². The molecule has 4 heteroatoms. The van der Waals surface area contributed by atoms with Gasteiger partial charge in [-0.2, -0.15) is 0 Å². The van der Waals surface area contributed by atoms with Crippen LogP contribution in [0.5, 0.6) is 0 Å². The van der Waals surface area contributed by atoms with Crippen molar-refractivity contribution in [3.63, 3.8) is 0 Å². The van der Waals surface area contributed by atoms with E-state index in [0.29, 0.717) is 16.8 Å². The molecule has 2 aromatic carbocycles. The Morgan fingerprint density at radius 1 is 1.20 bits per heavy atom. The molecular weight excluding hydrogens is 255 g/mol. The lowest BCUT2D eigenvalue weighted by Crippen LogP contribution is -2.26. The van der Waals surface area contributed by atoms with Gasteiger partial charge in [-0.25, -0.2) is 4.39 Å². The molecule has 1 unspecified atom stereocenters. The van der Waals surface area contributed by atoms with Crippen LogP contribution in [0, 0.1) is 12.7 Å². The molecule has 0 heterocycles. The number of nitrogens with one attached hydrogen (secondary N) is 1. The number of rotatable bonds is 3. The molecule has 0 fully saturated rings. The summed E-state index contributed by atoms with van der Waals surface area (Å²) in [6, 6.07) is 11.4. The second kappa shape index (κ2) is 5.74. The van der Waals surface area contributed by atoms with Crippen LogP contribution in [0.15, 0.2) is 42.5 Å². The van der Waals surface area contributed by atoms with Gasteiger partial charge >= 0.3 is 0 Å². The smallest absolute Gasteiger partial charge is 0.251 e. The molecule has 2 rings (SSSR count). The average molecular weight is 272 g/mol. The Balaban J connectivity index is 2.10. The van der Waals surface area contributed by atoms with E-state index in [1.807, 2.05) is 13.0 Å². The monoisotopic (exact) mass is 272 g/mol. The van der Waals surface area contributed by atoms with E-state index < -0.39 is 0 Å². The van der Waals surface area contributed by atoms with Gasteiger partial charge in [-0.15, -0.1) is 0 Å². The van der Waals surface area contributed by atoms with E-state index in [2.05, 4.69) is 5.32 Å². The molecule has 0 aliphatic heterocycles. The Hall–Kier alpha value is -2.36. The molecule has 2 aromatic rings. The molecule has 20 heavy (non-hydrogen) atoms. The summed E-state index contributed by atoms with van der Waals surface area (Å²) >= 11 is 0. The molecule has 0 aliphatic rings. The first kappa shape index (κ1) is 14.1. The number of carbonyl (C=O) groups excluding carboxylic acids is 1. The molecule has 0 spiro atoms. The third-order valence-corrected chi connectivity index (χ3v) is 3.22. The number of aryl methyl sites for hydroxylation is 1. The lowest BCUT2D eigenvalue weighted by molar-refractivity contribution is 0.0940. The van der Waals surface area contributed by atoms with Crippen molar-refractivity contribution in [1.29, 1.82) is 0 Å². The molecule has 1 atom stereocenters. The first-order valence-corrected chi connectivity index (χ1v) is 6.40. The highest BCUT2D eigenvalue weighted by atomic mass is 19.1. The van der Waals surface area contributed by atoms with Crippen molar-refractivity contribution in [1.82, 2.24) is 5.32 Å². The summed E-state index contributed by atoms with van der Waals surface area (Å²) in [7, 11) is 0. The highest BCUT2D eigenvalue weighted by Crippen LogP contribution is 2.17. The summed E-state index contributed by atoms with van der Waals surface area (Å²) in [5.41, 5.74) is 8.03. The van der Waals surface area contributed by atoms with Crippen molar-refractivity contribution in [3.8, 4) is 0 Å². The van der Waals surface area contributed by atoms with Crippen molar-refractivity contribution in [2.45, 2.75) is 19.9 Å². The third kappa shape index (κ3) is 3.15. The van der Waals surface area contributed by atoms with Crippen LogP contribution >= 0.6 is 0 Å². The minimum Gasteiger partial charge on any atom is -0.399 e. The summed E-state index contributed by atoms with van der Waals surface area (Å²) in [4.78, 5) is 12.0. The van der Waals surface area contributed by atoms with Gasteiger partial charge in [-0.05, 0) is 55.3 Å². The minimum atomic E-state index is -0.268. The fraction of sp³-hybridized carbons (Fsp3) is 0.188. The molecular formula is C16H17FN2O. The average Bonchev–Trinajstić information content (AvgIpc) is 2.42. The second-order valence-electron chi connectivity index (χ2n) is 4.83. The van der Waals surface area contributed by atoms with Gasteiger partial charge in [-0.1, -0.05) is 12.1 Å². The summed E-state index contributed by atoms with van der Waals surface area (Å²) in [6.07, 6.45) is 0. The third-order valence-electron chi connectivity index (χ3n) is 3.22. The Labute approximate surface area is 117 Å². The van der Waals surface area contributed by atoms with E-state index in [4.69, 9.17) is 5.73 Å². The number of nitrogens with two attached hydrogens (primary N) is 1. The van der Waals surface area contributed by atoms with Gasteiger partial charge in [0.2, 0.25) is 0 Å². The van der Waals surface area contributed by atoms with Gasteiger partial charge < -0.3 is 11.1 Å². The van der Waals surface area contributed by atoms with E-state index in [1.54, 1.807) is 37.3 Å². The zero-order valence-corrected chi connectivity index (χ0v) is 11.5. The highest BCUT2D eigenvalue weighted by molar-refractivity contribution is 5.94. The van der Waals surface area contributed by atoms with E-state index in [1.165, 1.54) is 6.07 Å². The summed E-state index contributed by atoms with van der Waals surface area (Å²) in [5, 5.41) is 2.83. The summed E-state index contributed by atoms with van der Waals surface area (Å²) < 4.78 is 13.5. The number of nitrogen functional groups attached to an aromatic ring is 1. The van der Waals surface area contributed by atoms with Crippen molar-refractivity contribution in [2.75, 3.05) is 5.73 Å². The van der Waals surface area contributed by atoms with Gasteiger partial charge in [0.1, 0.15) is 5.82 Å². The molecule has 104 valence electrons. The van der Waals surface area contributed by atoms with E-state index in [0.717, 1.165) is 5.56 Å². The van der Waals surface area contributed by atoms with Crippen LogP contribution < -0.4 is 11.1 Å². The number of carbonyl (C=O) groups is 1. The van der Waals surface area contributed by atoms with Gasteiger partial charge in [0.15, 0.2) is 0 Å². The molecule has 3 N–H and O–H groups in total. The normalized spacial score (nSPS) is 11.9. The zero-order valence-electron chi connectivity index (χ0n) is 11.5. The standard InChI is InChI=1S/C16H17FN2O/c1-10-3-4-13(9-15(10)17)11(2)19-16(20)12-5-7-14(18)8-6-12/h3-9,11H,18H2,1-2H3,(H,19,20). The first-order valence-electron chi connectivity index (χ1n) is 6.40. The number of hydrogen-bond acceptors (Lipinski definition) is 2. The maximum absolute atomic E-state index is 13.5. The molecule has 1 amide bonds. The summed E-state index contributed by atoms with van der Waals surface area (Å²) in [5.74, 6) is -0.477. The van der Waals surface area contributed by atoms with E-state index in [9.17, 15) is 9.18 Å². The Kier molecular flexibility index (Phi) is 4.03. The van der Waals surface area contributed by atoms with Gasteiger partial charge in [0.05, 0.1) is 6.04 Å². The number of benzene rings is 2. The minimum absolute atomic E-state index is 0.210. The topological polar surface area (TPSA) is 55.1 Å². The van der Waals surface area contributed by atoms with Crippen LogP contribution in [0.1, 0.15) is 34.5 Å². The largest absolute Gasteiger partial charge is 0.399 e. The molecule has 0 aliphatic carbocycles. The first-order chi connectivity index (χ1) is 9.47. The lowest BCUT2D eigenvalue weighted by Gasteiger charge is -2.15. The highest BCUT2D eigenvalue weighted by Gasteiger charge is 2.12. The second-order valence-corrected chi connectivity index (χ2v) is 4.83. The molecule has 0 aromatic heterocycles. The Morgan fingerprint density at radius 3 is 2.45 bits per heavy atom. The predicted molar refractivity (Wildman–Crippen MR) is 77.9 cm³/mol. The number of halogens is 1. The molecule has 0 saturated heterocycles. The Morgan fingerprint density at radius 2 is 1.85 bits per heavy atom. The maximum atomic E-state index is 13.5. The predicted octanol–water partition coefficient (Wildman–Crippen LogP) is 3.21. The molecule has 0 bridgehead atoms. The zero-order chi connectivity index (χ0) is 14.7. The summed E-state index contributed by atoms with van der Waals surface area (Å²) in [6.45, 7) is 3.52. The SMILES string of the molecule is Cc1ccc(C(C)NC(=O)c2ccc(N)cc2)cc1F. The molecule has 0 saturated carbocycles. The number of amides is 1. The Bertz CT molecular complexity index is 623. The lowest BCUT2D eigenvalue weighted by atomic mass is 10.1. The van der Waals surface area contributed by atoms with Gasteiger partial charge in [0.25, 0.3) is 5.91 Å². The molecule has 3 nitrogen and oxygen atoms in total. The van der Waals surface area contributed by atoms with Crippen molar-refractivity contribution < 1.29 is 9.18 Å². The molecule has 0 radical (unpaired) electrons. The quantitative estimate of drug-likeness (QED) is 0.843. The fourth-order valence-electron chi connectivity index (χ4n) is 1.88. The van der Waals surface area contributed by atoms with Crippen molar-refractivity contribution >= 4 is 11.6 Å². The van der Waals surface area contributed by atoms with Gasteiger partial charge in [-0.3, -0.25) is 4.79 Å². The number of hydrogen-bond donors (Lipinski definition) is 2. The van der Waals surface area contributed by atoms with E-state index in [-0.39, 0.29) is 17.8 Å². The van der Waals surface area contributed by atoms with Crippen LogP contribution in [0.3, 0.4) is 0 Å². The maximum Gasteiger partial charge on any atom is 0.251 e. The van der Waals surface area contributed by atoms with Crippen LogP contribution in [-0.4, -0.2) is 5.91 Å². The van der Waals surface area contributed by atoms with Gasteiger partial charge in [0, 0.05) is 11.3 Å². The number of anilines is 1. The van der Waals surface area contributed by atoms with Crippen molar-refractivity contribution in [2.24, 2.45) is 0 Å².